The smallest absolute Gasteiger partial charge is 0.161 e. The van der Waals surface area contributed by atoms with Gasteiger partial charge in [-0.3, -0.25) is 9.48 Å². The summed E-state index contributed by atoms with van der Waals surface area (Å²) in [5, 5.41) is 7.58. The average molecular weight is 255 g/mol. The molecule has 2 heterocycles. The van der Waals surface area contributed by atoms with Crippen molar-refractivity contribution >= 4 is 11.5 Å². The zero-order chi connectivity index (χ0) is 13.4. The monoisotopic (exact) mass is 255 g/mol. The SMILES string of the molecule is Cc1cc(CC(=O)C2Cc3ccccc3N2)n(C)n1. The molecule has 2 aromatic rings. The Balaban J connectivity index is 1.72. The maximum absolute atomic E-state index is 12.3. The summed E-state index contributed by atoms with van der Waals surface area (Å²) >= 11 is 0. The van der Waals surface area contributed by atoms with Gasteiger partial charge in [0.15, 0.2) is 5.78 Å². The Morgan fingerprint density at radius 2 is 2.26 bits per heavy atom. The molecule has 1 N–H and O–H groups in total. The largest absolute Gasteiger partial charge is 0.375 e. The van der Waals surface area contributed by atoms with E-state index in [1.807, 2.05) is 38.2 Å². The van der Waals surface area contributed by atoms with E-state index in [-0.39, 0.29) is 11.8 Å². The van der Waals surface area contributed by atoms with Crippen LogP contribution in [0.4, 0.5) is 5.69 Å². The van der Waals surface area contributed by atoms with Crippen molar-refractivity contribution in [2.24, 2.45) is 7.05 Å². The maximum Gasteiger partial charge on any atom is 0.161 e. The summed E-state index contributed by atoms with van der Waals surface area (Å²) in [5.41, 5.74) is 4.23. The fourth-order valence-electron chi connectivity index (χ4n) is 2.62. The second-order valence-corrected chi connectivity index (χ2v) is 5.10. The van der Waals surface area contributed by atoms with Gasteiger partial charge in [-0.15, -0.1) is 0 Å². The topological polar surface area (TPSA) is 46.9 Å². The summed E-state index contributed by atoms with van der Waals surface area (Å²) in [5.74, 6) is 0.221. The molecule has 0 saturated heterocycles. The van der Waals surface area contributed by atoms with Crippen molar-refractivity contribution in [2.45, 2.75) is 25.8 Å². The van der Waals surface area contributed by atoms with Gasteiger partial charge in [-0.25, -0.2) is 0 Å². The fourth-order valence-corrected chi connectivity index (χ4v) is 2.62. The molecule has 0 amide bonds. The zero-order valence-corrected chi connectivity index (χ0v) is 11.2. The quantitative estimate of drug-likeness (QED) is 0.911. The summed E-state index contributed by atoms with van der Waals surface area (Å²) < 4.78 is 1.79. The van der Waals surface area contributed by atoms with Crippen molar-refractivity contribution in [3.63, 3.8) is 0 Å². The molecule has 4 nitrogen and oxygen atoms in total. The number of para-hydroxylation sites is 1. The lowest BCUT2D eigenvalue weighted by Gasteiger charge is -2.10. The van der Waals surface area contributed by atoms with E-state index in [9.17, 15) is 4.79 Å². The number of nitrogens with one attached hydrogen (secondary N) is 1. The second-order valence-electron chi connectivity index (χ2n) is 5.10. The zero-order valence-electron chi connectivity index (χ0n) is 11.2. The van der Waals surface area contributed by atoms with E-state index < -0.39 is 0 Å². The van der Waals surface area contributed by atoms with Gasteiger partial charge in [-0.2, -0.15) is 5.10 Å². The Labute approximate surface area is 112 Å². The number of nitrogens with zero attached hydrogens (tertiary/aromatic N) is 2. The molecule has 1 unspecified atom stereocenters. The van der Waals surface area contributed by atoms with Crippen LogP contribution in [0, 0.1) is 6.92 Å². The first kappa shape index (κ1) is 12.0. The lowest BCUT2D eigenvalue weighted by Crippen LogP contribution is -2.29. The van der Waals surface area contributed by atoms with Crippen molar-refractivity contribution < 1.29 is 4.79 Å². The van der Waals surface area contributed by atoms with Crippen LogP contribution in [-0.2, 0) is 24.7 Å². The Morgan fingerprint density at radius 3 is 2.95 bits per heavy atom. The number of ketones is 1. The van der Waals surface area contributed by atoms with Crippen molar-refractivity contribution in [3.05, 3.63) is 47.3 Å². The normalized spacial score (nSPS) is 17.1. The van der Waals surface area contributed by atoms with E-state index in [2.05, 4.69) is 16.5 Å². The standard InChI is InChI=1S/C15H17N3O/c1-10-7-12(18(2)17-10)9-15(19)14-8-11-5-3-4-6-13(11)16-14/h3-7,14,16H,8-9H2,1-2H3. The molecule has 3 rings (SSSR count). The van der Waals surface area contributed by atoms with Gasteiger partial charge in [0.2, 0.25) is 0 Å². The number of hydrogen-bond donors (Lipinski definition) is 1. The molecule has 1 aromatic heterocycles. The number of hydrogen-bond acceptors (Lipinski definition) is 3. The number of benzene rings is 1. The molecule has 0 radical (unpaired) electrons. The Bertz CT molecular complexity index is 605. The summed E-state index contributed by atoms with van der Waals surface area (Å²) in [4.78, 5) is 12.3. The third kappa shape index (κ3) is 2.26. The molecule has 1 aliphatic rings. The molecule has 19 heavy (non-hydrogen) atoms. The van der Waals surface area contributed by atoms with Gasteiger partial charge in [-0.1, -0.05) is 18.2 Å². The van der Waals surface area contributed by atoms with Crippen LogP contribution < -0.4 is 5.32 Å². The summed E-state index contributed by atoms with van der Waals surface area (Å²) in [6.45, 7) is 1.94. The number of aryl methyl sites for hydroxylation is 2. The van der Waals surface area contributed by atoms with E-state index in [0.29, 0.717) is 6.42 Å². The number of fused-ring (bicyclic) bond motifs is 1. The van der Waals surface area contributed by atoms with E-state index in [4.69, 9.17) is 0 Å². The molecular weight excluding hydrogens is 238 g/mol. The van der Waals surface area contributed by atoms with E-state index in [1.165, 1.54) is 5.56 Å². The molecule has 1 atom stereocenters. The minimum absolute atomic E-state index is 0.104. The fraction of sp³-hybridized carbons (Fsp3) is 0.333. The van der Waals surface area contributed by atoms with Crippen molar-refractivity contribution in [1.29, 1.82) is 0 Å². The molecule has 0 spiro atoms. The Hall–Kier alpha value is -2.10. The van der Waals surface area contributed by atoms with Crippen LogP contribution in [0.1, 0.15) is 17.0 Å². The van der Waals surface area contributed by atoms with Crippen LogP contribution in [0.3, 0.4) is 0 Å². The number of anilines is 1. The lowest BCUT2D eigenvalue weighted by molar-refractivity contribution is -0.119. The predicted octanol–water partition coefficient (Wildman–Crippen LogP) is 1.88. The van der Waals surface area contributed by atoms with Crippen LogP contribution in [0.2, 0.25) is 0 Å². The number of rotatable bonds is 3. The van der Waals surface area contributed by atoms with Crippen LogP contribution in [0.15, 0.2) is 30.3 Å². The second kappa shape index (κ2) is 4.53. The highest BCUT2D eigenvalue weighted by Gasteiger charge is 2.26. The van der Waals surface area contributed by atoms with Crippen LogP contribution in [0.5, 0.6) is 0 Å². The van der Waals surface area contributed by atoms with Gasteiger partial charge in [-0.05, 0) is 24.6 Å². The molecule has 0 bridgehead atoms. The lowest BCUT2D eigenvalue weighted by atomic mass is 10.0. The highest BCUT2D eigenvalue weighted by atomic mass is 16.1. The van der Waals surface area contributed by atoms with Gasteiger partial charge < -0.3 is 5.32 Å². The van der Waals surface area contributed by atoms with Crippen LogP contribution >= 0.6 is 0 Å². The van der Waals surface area contributed by atoms with Gasteiger partial charge >= 0.3 is 0 Å². The summed E-state index contributed by atoms with van der Waals surface area (Å²) in [7, 11) is 1.88. The van der Waals surface area contributed by atoms with Crippen molar-refractivity contribution in [2.75, 3.05) is 5.32 Å². The molecular formula is C15H17N3O. The predicted molar refractivity (Wildman–Crippen MR) is 74.2 cm³/mol. The Kier molecular flexibility index (Phi) is 2.85. The molecule has 0 saturated carbocycles. The van der Waals surface area contributed by atoms with Crippen LogP contribution in [-0.4, -0.2) is 21.6 Å². The van der Waals surface area contributed by atoms with E-state index >= 15 is 0 Å². The summed E-state index contributed by atoms with van der Waals surface area (Å²) in [6.07, 6.45) is 1.22. The number of aromatic nitrogens is 2. The Morgan fingerprint density at radius 1 is 1.47 bits per heavy atom. The molecule has 1 aromatic carbocycles. The average Bonchev–Trinajstić information content (AvgIpc) is 2.93. The molecule has 1 aliphatic heterocycles. The van der Waals surface area contributed by atoms with E-state index in [1.54, 1.807) is 4.68 Å². The van der Waals surface area contributed by atoms with Crippen molar-refractivity contribution in [1.82, 2.24) is 9.78 Å². The number of carbonyl (C=O) groups excluding carboxylic acids is 1. The minimum Gasteiger partial charge on any atom is -0.375 e. The third-order valence-corrected chi connectivity index (χ3v) is 3.61. The first-order chi connectivity index (χ1) is 9.13. The summed E-state index contributed by atoms with van der Waals surface area (Å²) in [6, 6.07) is 9.97. The van der Waals surface area contributed by atoms with Gasteiger partial charge in [0.1, 0.15) is 0 Å². The first-order valence-corrected chi connectivity index (χ1v) is 6.50. The number of carbonyl (C=O) groups is 1. The maximum atomic E-state index is 12.3. The van der Waals surface area contributed by atoms with Gasteiger partial charge in [0.05, 0.1) is 18.2 Å². The molecule has 0 fully saturated rings. The van der Waals surface area contributed by atoms with Crippen molar-refractivity contribution in [3.8, 4) is 0 Å². The first-order valence-electron chi connectivity index (χ1n) is 6.50. The molecule has 0 aliphatic carbocycles. The highest BCUT2D eigenvalue weighted by Crippen LogP contribution is 2.26. The van der Waals surface area contributed by atoms with Gasteiger partial charge in [0.25, 0.3) is 0 Å². The molecule has 98 valence electrons. The molecule has 4 heteroatoms. The minimum atomic E-state index is -0.104. The van der Waals surface area contributed by atoms with Crippen LogP contribution in [0.25, 0.3) is 0 Å². The highest BCUT2D eigenvalue weighted by molar-refractivity contribution is 5.90. The number of Topliss-reactive ketones (excluding diaryl/α,β-unsaturated/α-hetero) is 1. The third-order valence-electron chi connectivity index (χ3n) is 3.61. The van der Waals surface area contributed by atoms with E-state index in [0.717, 1.165) is 23.5 Å². The van der Waals surface area contributed by atoms with Gasteiger partial charge in [0, 0.05) is 24.8 Å².